The van der Waals surface area contributed by atoms with E-state index in [9.17, 15) is 4.79 Å². The van der Waals surface area contributed by atoms with Gasteiger partial charge in [-0.15, -0.1) is 0 Å². The highest BCUT2D eigenvalue weighted by molar-refractivity contribution is 5.91. The Morgan fingerprint density at radius 1 is 1.19 bits per heavy atom. The predicted octanol–water partition coefficient (Wildman–Crippen LogP) is 2.88. The highest BCUT2D eigenvalue weighted by atomic mass is 16.5. The minimum Gasteiger partial charge on any atom is -0.487 e. The number of benzene rings is 1. The molecule has 1 N–H and O–H groups in total. The minimum absolute atomic E-state index is 0.0562. The molecular weight excluding hydrogens is 326 g/mol. The average molecular weight is 351 g/mol. The summed E-state index contributed by atoms with van der Waals surface area (Å²) in [5.41, 5.74) is 1.86. The van der Waals surface area contributed by atoms with Gasteiger partial charge < -0.3 is 15.0 Å². The van der Waals surface area contributed by atoms with Crippen LogP contribution in [0, 0.1) is 0 Å². The predicted molar refractivity (Wildman–Crippen MR) is 103 cm³/mol. The molecule has 1 amide bonds. The number of aromatic nitrogens is 1. The van der Waals surface area contributed by atoms with Crippen molar-refractivity contribution in [3.63, 3.8) is 0 Å². The van der Waals surface area contributed by atoms with Crippen molar-refractivity contribution in [2.75, 3.05) is 13.1 Å². The fourth-order valence-electron chi connectivity index (χ4n) is 3.10. The Balaban J connectivity index is 1.53. The van der Waals surface area contributed by atoms with Gasteiger partial charge in [-0.25, -0.2) is 0 Å². The molecule has 5 heteroatoms. The SMILES string of the molecule is CC1CN(C(=O)/C=C/c2ccc(OCc3ccccn3)cc2)CC(C)N1. The van der Waals surface area contributed by atoms with Gasteiger partial charge in [0.25, 0.3) is 0 Å². The van der Waals surface area contributed by atoms with Gasteiger partial charge in [-0.1, -0.05) is 18.2 Å². The molecule has 2 aromatic rings. The Bertz CT molecular complexity index is 734. The average Bonchev–Trinajstić information content (AvgIpc) is 2.65. The summed E-state index contributed by atoms with van der Waals surface area (Å²) in [4.78, 5) is 18.5. The smallest absolute Gasteiger partial charge is 0.246 e. The zero-order valence-electron chi connectivity index (χ0n) is 15.3. The molecule has 0 saturated carbocycles. The summed E-state index contributed by atoms with van der Waals surface area (Å²) in [5.74, 6) is 0.838. The maximum Gasteiger partial charge on any atom is 0.246 e. The zero-order valence-corrected chi connectivity index (χ0v) is 15.3. The fourth-order valence-corrected chi connectivity index (χ4v) is 3.10. The molecule has 1 saturated heterocycles. The number of rotatable bonds is 5. The molecule has 1 aromatic carbocycles. The van der Waals surface area contributed by atoms with Crippen molar-refractivity contribution in [2.45, 2.75) is 32.5 Å². The molecule has 1 fully saturated rings. The number of pyridine rings is 1. The Kier molecular flexibility index (Phi) is 6.02. The van der Waals surface area contributed by atoms with Gasteiger partial charge in [0, 0.05) is 37.4 Å². The summed E-state index contributed by atoms with van der Waals surface area (Å²) in [7, 11) is 0. The van der Waals surface area contributed by atoms with Crippen molar-refractivity contribution in [2.24, 2.45) is 0 Å². The molecular formula is C21H25N3O2. The Morgan fingerprint density at radius 2 is 1.92 bits per heavy atom. The molecule has 0 radical (unpaired) electrons. The van der Waals surface area contributed by atoms with Crippen molar-refractivity contribution < 1.29 is 9.53 Å². The van der Waals surface area contributed by atoms with E-state index in [2.05, 4.69) is 24.1 Å². The quantitative estimate of drug-likeness (QED) is 0.842. The van der Waals surface area contributed by atoms with Gasteiger partial charge in [-0.05, 0) is 49.8 Å². The summed E-state index contributed by atoms with van der Waals surface area (Å²) in [6, 6.07) is 14.1. The number of amides is 1. The van der Waals surface area contributed by atoms with Gasteiger partial charge in [0.2, 0.25) is 5.91 Å². The van der Waals surface area contributed by atoms with Crippen molar-refractivity contribution in [1.82, 2.24) is 15.2 Å². The second kappa shape index (κ2) is 8.63. The maximum atomic E-state index is 12.4. The zero-order chi connectivity index (χ0) is 18.4. The lowest BCUT2D eigenvalue weighted by Crippen LogP contribution is -2.55. The van der Waals surface area contributed by atoms with Gasteiger partial charge in [-0.2, -0.15) is 0 Å². The lowest BCUT2D eigenvalue weighted by Gasteiger charge is -2.35. The van der Waals surface area contributed by atoms with E-state index in [1.807, 2.05) is 53.4 Å². The number of ether oxygens (including phenoxy) is 1. The molecule has 0 spiro atoms. The first kappa shape index (κ1) is 18.1. The van der Waals surface area contributed by atoms with Crippen LogP contribution in [0.25, 0.3) is 6.08 Å². The third-order valence-electron chi connectivity index (χ3n) is 4.28. The van der Waals surface area contributed by atoms with Crippen LogP contribution in [0.15, 0.2) is 54.7 Å². The minimum atomic E-state index is 0.0562. The van der Waals surface area contributed by atoms with Crippen LogP contribution >= 0.6 is 0 Å². The van der Waals surface area contributed by atoms with Crippen molar-refractivity contribution in [3.8, 4) is 5.75 Å². The van der Waals surface area contributed by atoms with Crippen LogP contribution < -0.4 is 10.1 Å². The molecule has 2 heterocycles. The monoisotopic (exact) mass is 351 g/mol. The summed E-state index contributed by atoms with van der Waals surface area (Å²) in [6.45, 7) is 6.13. The molecule has 0 aliphatic carbocycles. The number of nitrogens with zero attached hydrogens (tertiary/aromatic N) is 2. The van der Waals surface area contributed by atoms with E-state index in [-0.39, 0.29) is 5.91 Å². The highest BCUT2D eigenvalue weighted by Crippen LogP contribution is 2.15. The van der Waals surface area contributed by atoms with Crippen molar-refractivity contribution >= 4 is 12.0 Å². The molecule has 136 valence electrons. The number of hydrogen-bond donors (Lipinski definition) is 1. The van der Waals surface area contributed by atoms with Crippen LogP contribution in [0.4, 0.5) is 0 Å². The highest BCUT2D eigenvalue weighted by Gasteiger charge is 2.23. The molecule has 2 atom stereocenters. The molecule has 1 aliphatic rings. The van der Waals surface area contributed by atoms with E-state index in [0.29, 0.717) is 18.7 Å². The van der Waals surface area contributed by atoms with Crippen LogP contribution in [0.2, 0.25) is 0 Å². The maximum absolute atomic E-state index is 12.4. The number of carbonyl (C=O) groups is 1. The van der Waals surface area contributed by atoms with E-state index < -0.39 is 0 Å². The molecule has 5 nitrogen and oxygen atoms in total. The Morgan fingerprint density at radius 3 is 2.58 bits per heavy atom. The van der Waals surface area contributed by atoms with E-state index in [4.69, 9.17) is 4.74 Å². The summed E-state index contributed by atoms with van der Waals surface area (Å²) in [6.07, 6.45) is 5.25. The van der Waals surface area contributed by atoms with Crippen LogP contribution in [0.3, 0.4) is 0 Å². The lowest BCUT2D eigenvalue weighted by atomic mass is 10.1. The third-order valence-corrected chi connectivity index (χ3v) is 4.28. The van der Waals surface area contributed by atoms with E-state index in [1.54, 1.807) is 12.3 Å². The second-order valence-electron chi connectivity index (χ2n) is 6.72. The van der Waals surface area contributed by atoms with Crippen LogP contribution in [-0.4, -0.2) is 41.0 Å². The third kappa shape index (κ3) is 5.17. The van der Waals surface area contributed by atoms with Gasteiger partial charge in [0.05, 0.1) is 5.69 Å². The van der Waals surface area contributed by atoms with Gasteiger partial charge in [0.1, 0.15) is 12.4 Å². The molecule has 0 bridgehead atoms. The standard InChI is InChI=1S/C21H25N3O2/c1-16-13-24(14-17(2)23-16)21(25)11-8-18-6-9-20(10-7-18)26-15-19-5-3-4-12-22-19/h3-12,16-17,23H,13-15H2,1-2H3/b11-8+. The molecule has 26 heavy (non-hydrogen) atoms. The first-order chi connectivity index (χ1) is 12.6. The number of carbonyl (C=O) groups excluding carboxylic acids is 1. The summed E-state index contributed by atoms with van der Waals surface area (Å²) in [5, 5.41) is 3.43. The second-order valence-corrected chi connectivity index (χ2v) is 6.72. The van der Waals surface area contributed by atoms with Crippen LogP contribution in [0.5, 0.6) is 5.75 Å². The van der Waals surface area contributed by atoms with Crippen molar-refractivity contribution in [3.05, 3.63) is 66.0 Å². The van der Waals surface area contributed by atoms with E-state index in [1.165, 1.54) is 0 Å². The largest absolute Gasteiger partial charge is 0.487 e. The normalized spacial score (nSPS) is 20.3. The molecule has 2 unspecified atom stereocenters. The van der Waals surface area contributed by atoms with E-state index >= 15 is 0 Å². The first-order valence-electron chi connectivity index (χ1n) is 8.96. The number of nitrogens with one attached hydrogen (secondary N) is 1. The molecule has 3 rings (SSSR count). The van der Waals surface area contributed by atoms with Gasteiger partial charge >= 0.3 is 0 Å². The Hall–Kier alpha value is -2.66. The molecule has 1 aliphatic heterocycles. The Labute approximate surface area is 154 Å². The van der Waals surface area contributed by atoms with E-state index in [0.717, 1.165) is 30.1 Å². The molecule has 1 aromatic heterocycles. The fraction of sp³-hybridized carbons (Fsp3) is 0.333. The van der Waals surface area contributed by atoms with Gasteiger partial charge in [-0.3, -0.25) is 9.78 Å². The van der Waals surface area contributed by atoms with Gasteiger partial charge in [0.15, 0.2) is 0 Å². The number of piperazine rings is 1. The first-order valence-corrected chi connectivity index (χ1v) is 8.96. The van der Waals surface area contributed by atoms with Crippen molar-refractivity contribution in [1.29, 1.82) is 0 Å². The lowest BCUT2D eigenvalue weighted by molar-refractivity contribution is -0.127. The van der Waals surface area contributed by atoms with Crippen LogP contribution in [-0.2, 0) is 11.4 Å². The topological polar surface area (TPSA) is 54.5 Å². The number of hydrogen-bond acceptors (Lipinski definition) is 4. The van der Waals surface area contributed by atoms with Crippen LogP contribution in [0.1, 0.15) is 25.1 Å². The summed E-state index contributed by atoms with van der Waals surface area (Å²) >= 11 is 0. The summed E-state index contributed by atoms with van der Waals surface area (Å²) < 4.78 is 5.72.